The molecule has 0 saturated heterocycles. The number of fused-ring (bicyclic) bond motifs is 3. The predicted octanol–water partition coefficient (Wildman–Crippen LogP) is 5.14. The third-order valence-electron chi connectivity index (χ3n) is 6.66. The van der Waals surface area contributed by atoms with Crippen LogP contribution < -0.4 is 4.74 Å². The van der Waals surface area contributed by atoms with Gasteiger partial charge in [0.05, 0.1) is 5.56 Å². The fraction of sp³-hybridized carbons (Fsp3) is 0.591. The summed E-state index contributed by atoms with van der Waals surface area (Å²) < 4.78 is 5.28. The van der Waals surface area contributed by atoms with E-state index in [1.807, 2.05) is 6.07 Å². The van der Waals surface area contributed by atoms with E-state index >= 15 is 0 Å². The molecule has 4 nitrogen and oxygen atoms in total. The standard InChI is InChI=1S/C22H26N2O2/c1-3-7-21-8-11-22(12-9-21,13-10-21)18-5-6-19(26-20(25)4-2)17(15-24)16(18)14-23/h5-6H,3-4,7-13H2,1-2H3. The van der Waals surface area contributed by atoms with Crippen LogP contribution in [0, 0.1) is 28.1 Å². The number of carbonyl (C=O) groups is 1. The number of hydrogen-bond donors (Lipinski definition) is 0. The average molecular weight is 350 g/mol. The van der Waals surface area contributed by atoms with Crippen molar-refractivity contribution in [3.05, 3.63) is 28.8 Å². The monoisotopic (exact) mass is 350 g/mol. The van der Waals surface area contributed by atoms with Crippen LogP contribution >= 0.6 is 0 Å². The summed E-state index contributed by atoms with van der Waals surface area (Å²) in [6.07, 6.45) is 9.64. The molecule has 3 aliphatic carbocycles. The Morgan fingerprint density at radius 3 is 2.15 bits per heavy atom. The van der Waals surface area contributed by atoms with Crippen molar-refractivity contribution >= 4 is 5.97 Å². The largest absolute Gasteiger partial charge is 0.425 e. The SMILES string of the molecule is CCCC12CCC(c3ccc(OC(=O)CC)c(C#N)c3C#N)(CC1)CC2. The summed E-state index contributed by atoms with van der Waals surface area (Å²) in [5, 5.41) is 19.4. The predicted molar refractivity (Wildman–Crippen MR) is 98.5 cm³/mol. The van der Waals surface area contributed by atoms with E-state index in [9.17, 15) is 15.3 Å². The molecular formula is C22H26N2O2. The summed E-state index contributed by atoms with van der Waals surface area (Å²) in [6.45, 7) is 3.97. The lowest BCUT2D eigenvalue weighted by Crippen LogP contribution is -2.44. The highest BCUT2D eigenvalue weighted by atomic mass is 16.5. The Hall–Kier alpha value is -2.33. The van der Waals surface area contributed by atoms with Gasteiger partial charge in [0, 0.05) is 6.42 Å². The van der Waals surface area contributed by atoms with Crippen molar-refractivity contribution < 1.29 is 9.53 Å². The molecule has 0 aliphatic heterocycles. The van der Waals surface area contributed by atoms with Crippen LogP contribution in [0.15, 0.2) is 12.1 Å². The third-order valence-corrected chi connectivity index (χ3v) is 6.66. The second-order valence-corrected chi connectivity index (χ2v) is 7.94. The van der Waals surface area contributed by atoms with E-state index in [4.69, 9.17) is 4.74 Å². The zero-order chi connectivity index (χ0) is 18.8. The van der Waals surface area contributed by atoms with E-state index in [-0.39, 0.29) is 23.1 Å². The number of carbonyl (C=O) groups excluding carboxylic acids is 1. The van der Waals surface area contributed by atoms with Crippen molar-refractivity contribution in [3.8, 4) is 17.9 Å². The highest BCUT2D eigenvalue weighted by molar-refractivity contribution is 5.74. The quantitative estimate of drug-likeness (QED) is 0.544. The maximum absolute atomic E-state index is 11.6. The molecule has 0 heterocycles. The van der Waals surface area contributed by atoms with Gasteiger partial charge < -0.3 is 4.74 Å². The van der Waals surface area contributed by atoms with Gasteiger partial charge in [0.15, 0.2) is 0 Å². The van der Waals surface area contributed by atoms with Crippen LogP contribution in [-0.4, -0.2) is 5.97 Å². The van der Waals surface area contributed by atoms with Crippen LogP contribution in [0.3, 0.4) is 0 Å². The van der Waals surface area contributed by atoms with Crippen molar-refractivity contribution in [2.75, 3.05) is 0 Å². The van der Waals surface area contributed by atoms with Gasteiger partial charge in [-0.25, -0.2) is 0 Å². The van der Waals surface area contributed by atoms with E-state index in [2.05, 4.69) is 19.1 Å². The molecular weight excluding hydrogens is 324 g/mol. The number of ether oxygens (including phenoxy) is 1. The lowest BCUT2D eigenvalue weighted by Gasteiger charge is -2.54. The maximum Gasteiger partial charge on any atom is 0.310 e. The van der Waals surface area contributed by atoms with Crippen LogP contribution in [0.2, 0.25) is 0 Å². The second kappa shape index (κ2) is 7.12. The number of nitriles is 2. The minimum atomic E-state index is -0.393. The molecule has 0 N–H and O–H groups in total. The highest BCUT2D eigenvalue weighted by Crippen LogP contribution is 2.60. The van der Waals surface area contributed by atoms with Crippen LogP contribution in [0.5, 0.6) is 5.75 Å². The minimum absolute atomic E-state index is 0.000546. The molecule has 3 aliphatic rings. The molecule has 0 spiro atoms. The molecule has 26 heavy (non-hydrogen) atoms. The Labute approximate surface area is 155 Å². The van der Waals surface area contributed by atoms with E-state index in [0.29, 0.717) is 11.0 Å². The number of hydrogen-bond acceptors (Lipinski definition) is 4. The summed E-state index contributed by atoms with van der Waals surface area (Å²) >= 11 is 0. The maximum atomic E-state index is 11.6. The molecule has 4 rings (SSSR count). The summed E-state index contributed by atoms with van der Waals surface area (Å²) in [5.41, 5.74) is 2.09. The lowest BCUT2D eigenvalue weighted by atomic mass is 9.50. The molecule has 0 radical (unpaired) electrons. The Kier molecular flexibility index (Phi) is 5.05. The first kappa shape index (κ1) is 18.5. The van der Waals surface area contributed by atoms with E-state index < -0.39 is 5.97 Å². The fourth-order valence-electron chi connectivity index (χ4n) is 5.11. The third kappa shape index (κ3) is 2.99. The van der Waals surface area contributed by atoms with Gasteiger partial charge in [0.2, 0.25) is 0 Å². The molecule has 0 amide bonds. The van der Waals surface area contributed by atoms with Crippen LogP contribution in [-0.2, 0) is 10.2 Å². The lowest BCUT2D eigenvalue weighted by molar-refractivity contribution is -0.134. The molecule has 0 atom stereocenters. The van der Waals surface area contributed by atoms with Crippen molar-refractivity contribution in [2.45, 2.75) is 77.0 Å². The van der Waals surface area contributed by atoms with Gasteiger partial charge in [0.1, 0.15) is 23.5 Å². The normalized spacial score (nSPS) is 26.8. The van der Waals surface area contributed by atoms with E-state index in [1.165, 1.54) is 32.1 Å². The Bertz CT molecular complexity index is 773. The van der Waals surface area contributed by atoms with Gasteiger partial charge in [-0.05, 0) is 67.4 Å². The molecule has 136 valence electrons. The molecule has 4 heteroatoms. The average Bonchev–Trinajstić information content (AvgIpc) is 2.68. The van der Waals surface area contributed by atoms with Crippen LogP contribution in [0.25, 0.3) is 0 Å². The first-order chi connectivity index (χ1) is 12.5. The van der Waals surface area contributed by atoms with Gasteiger partial charge in [-0.15, -0.1) is 0 Å². The van der Waals surface area contributed by atoms with Crippen molar-refractivity contribution in [3.63, 3.8) is 0 Å². The zero-order valence-corrected chi connectivity index (χ0v) is 15.7. The van der Waals surface area contributed by atoms with Crippen LogP contribution in [0.1, 0.15) is 88.3 Å². The van der Waals surface area contributed by atoms with Crippen LogP contribution in [0.4, 0.5) is 0 Å². The van der Waals surface area contributed by atoms with Gasteiger partial charge in [-0.3, -0.25) is 4.79 Å². The number of esters is 1. The van der Waals surface area contributed by atoms with E-state index in [0.717, 1.165) is 24.8 Å². The topological polar surface area (TPSA) is 73.9 Å². The number of nitrogens with zero attached hydrogens (tertiary/aromatic N) is 2. The summed E-state index contributed by atoms with van der Waals surface area (Å²) in [4.78, 5) is 11.6. The van der Waals surface area contributed by atoms with Gasteiger partial charge in [-0.1, -0.05) is 26.3 Å². The van der Waals surface area contributed by atoms with Crippen molar-refractivity contribution in [2.24, 2.45) is 5.41 Å². The summed E-state index contributed by atoms with van der Waals surface area (Å²) in [6, 6.07) is 7.98. The molecule has 3 saturated carbocycles. The fourth-order valence-corrected chi connectivity index (χ4v) is 5.11. The highest BCUT2D eigenvalue weighted by Gasteiger charge is 2.49. The molecule has 1 aromatic rings. The number of rotatable bonds is 5. The molecule has 0 aromatic heterocycles. The minimum Gasteiger partial charge on any atom is -0.425 e. The molecule has 1 aromatic carbocycles. The zero-order valence-electron chi connectivity index (χ0n) is 15.7. The first-order valence-electron chi connectivity index (χ1n) is 9.71. The van der Waals surface area contributed by atoms with E-state index in [1.54, 1.807) is 13.0 Å². The molecule has 2 bridgehead atoms. The van der Waals surface area contributed by atoms with Gasteiger partial charge in [0.25, 0.3) is 0 Å². The van der Waals surface area contributed by atoms with Crippen molar-refractivity contribution in [1.29, 1.82) is 10.5 Å². The second-order valence-electron chi connectivity index (χ2n) is 7.94. The van der Waals surface area contributed by atoms with Gasteiger partial charge in [-0.2, -0.15) is 10.5 Å². The Morgan fingerprint density at radius 2 is 1.65 bits per heavy atom. The smallest absolute Gasteiger partial charge is 0.310 e. The summed E-state index contributed by atoms with van der Waals surface area (Å²) in [5.74, 6) is -0.181. The molecule has 0 unspecified atom stereocenters. The molecule has 3 fully saturated rings. The van der Waals surface area contributed by atoms with Crippen molar-refractivity contribution in [1.82, 2.24) is 0 Å². The Morgan fingerprint density at radius 1 is 1.04 bits per heavy atom. The number of benzene rings is 1. The summed E-state index contributed by atoms with van der Waals surface area (Å²) in [7, 11) is 0. The first-order valence-corrected chi connectivity index (χ1v) is 9.71. The van der Waals surface area contributed by atoms with Gasteiger partial charge >= 0.3 is 5.97 Å². The Balaban J connectivity index is 1.98.